The molecule has 0 fully saturated rings. The Hall–Kier alpha value is -3.88. The lowest BCUT2D eigenvalue weighted by molar-refractivity contribution is -0.121. The molecule has 0 atom stereocenters. The molecule has 1 amide bonds. The summed E-state index contributed by atoms with van der Waals surface area (Å²) < 4.78 is 28.7. The lowest BCUT2D eigenvalue weighted by Crippen LogP contribution is -2.33. The SMILES string of the molecule is O=C(Cn1cnc2c(cnn2-c2ccc(F)cc2)c1=O)NCCc1ccc(F)cc1. The van der Waals surface area contributed by atoms with Crippen LogP contribution in [0.5, 0.6) is 0 Å². The molecule has 4 rings (SSSR count). The van der Waals surface area contributed by atoms with Crippen LogP contribution in [0.1, 0.15) is 5.56 Å². The van der Waals surface area contributed by atoms with Gasteiger partial charge in [-0.2, -0.15) is 5.10 Å². The quantitative estimate of drug-likeness (QED) is 0.530. The molecule has 0 bridgehead atoms. The minimum atomic E-state index is -0.401. The van der Waals surface area contributed by atoms with Gasteiger partial charge in [0.1, 0.15) is 29.9 Å². The van der Waals surface area contributed by atoms with Crippen molar-refractivity contribution in [2.24, 2.45) is 0 Å². The highest BCUT2D eigenvalue weighted by atomic mass is 19.1. The molecule has 2 aromatic heterocycles. The van der Waals surface area contributed by atoms with Gasteiger partial charge in [0, 0.05) is 6.54 Å². The number of hydrogen-bond donors (Lipinski definition) is 1. The zero-order chi connectivity index (χ0) is 21.1. The summed E-state index contributed by atoms with van der Waals surface area (Å²) in [7, 11) is 0. The van der Waals surface area contributed by atoms with E-state index in [1.165, 1.54) is 58.2 Å². The van der Waals surface area contributed by atoms with Crippen molar-refractivity contribution in [3.05, 3.63) is 88.6 Å². The summed E-state index contributed by atoms with van der Waals surface area (Å²) in [5.74, 6) is -1.03. The fourth-order valence-corrected chi connectivity index (χ4v) is 3.04. The number of hydrogen-bond acceptors (Lipinski definition) is 4. The minimum absolute atomic E-state index is 0.188. The van der Waals surface area contributed by atoms with Crippen molar-refractivity contribution in [2.45, 2.75) is 13.0 Å². The lowest BCUT2D eigenvalue weighted by Gasteiger charge is -2.08. The third kappa shape index (κ3) is 4.09. The van der Waals surface area contributed by atoms with Crippen LogP contribution in [-0.4, -0.2) is 31.8 Å². The number of carbonyl (C=O) groups is 1. The highest BCUT2D eigenvalue weighted by Gasteiger charge is 2.13. The smallest absolute Gasteiger partial charge is 0.264 e. The van der Waals surface area contributed by atoms with Crippen molar-refractivity contribution < 1.29 is 13.6 Å². The van der Waals surface area contributed by atoms with Gasteiger partial charge in [0.2, 0.25) is 5.91 Å². The van der Waals surface area contributed by atoms with Crippen LogP contribution >= 0.6 is 0 Å². The van der Waals surface area contributed by atoms with Crippen molar-refractivity contribution in [1.29, 1.82) is 0 Å². The highest BCUT2D eigenvalue weighted by Crippen LogP contribution is 2.14. The standard InChI is InChI=1S/C21H17F2N5O2/c22-15-3-1-14(2-4-15)9-10-24-19(29)12-27-13-25-20-18(21(27)30)11-26-28(20)17-7-5-16(23)6-8-17/h1-8,11,13H,9-10,12H2,(H,24,29). The summed E-state index contributed by atoms with van der Waals surface area (Å²) in [6.45, 7) is 0.171. The molecule has 0 aliphatic rings. The first-order chi connectivity index (χ1) is 14.5. The number of carbonyl (C=O) groups excluding carboxylic acids is 1. The molecule has 1 N–H and O–H groups in total. The summed E-state index contributed by atoms with van der Waals surface area (Å²) in [6.07, 6.45) is 3.20. The molecule has 0 aliphatic heterocycles. The van der Waals surface area contributed by atoms with E-state index in [9.17, 15) is 18.4 Å². The molecule has 9 heteroatoms. The zero-order valence-electron chi connectivity index (χ0n) is 15.8. The van der Waals surface area contributed by atoms with Gasteiger partial charge in [-0.05, 0) is 48.4 Å². The van der Waals surface area contributed by atoms with Gasteiger partial charge in [0.15, 0.2) is 5.65 Å². The summed E-state index contributed by atoms with van der Waals surface area (Å²) in [5, 5.41) is 7.14. The molecule has 2 heterocycles. The predicted molar refractivity (Wildman–Crippen MR) is 106 cm³/mol. The van der Waals surface area contributed by atoms with Gasteiger partial charge in [-0.3, -0.25) is 14.2 Å². The Balaban J connectivity index is 1.45. The van der Waals surface area contributed by atoms with Crippen LogP contribution in [0.25, 0.3) is 16.7 Å². The Morgan fingerprint density at radius 3 is 2.37 bits per heavy atom. The molecule has 0 spiro atoms. The first-order valence-electron chi connectivity index (χ1n) is 9.21. The molecule has 4 aromatic rings. The third-order valence-electron chi connectivity index (χ3n) is 4.59. The second-order valence-electron chi connectivity index (χ2n) is 6.67. The van der Waals surface area contributed by atoms with Crippen LogP contribution in [0.3, 0.4) is 0 Å². The van der Waals surface area contributed by atoms with Crippen LogP contribution in [0, 0.1) is 11.6 Å². The number of nitrogens with zero attached hydrogens (tertiary/aromatic N) is 4. The second kappa shape index (κ2) is 8.24. The maximum atomic E-state index is 13.1. The molecule has 0 unspecified atom stereocenters. The van der Waals surface area contributed by atoms with Crippen LogP contribution in [-0.2, 0) is 17.8 Å². The first-order valence-corrected chi connectivity index (χ1v) is 9.21. The molecule has 0 radical (unpaired) electrons. The van der Waals surface area contributed by atoms with Crippen molar-refractivity contribution in [3.63, 3.8) is 0 Å². The third-order valence-corrected chi connectivity index (χ3v) is 4.59. The number of halogens is 2. The zero-order valence-corrected chi connectivity index (χ0v) is 15.8. The topological polar surface area (TPSA) is 81.8 Å². The highest BCUT2D eigenvalue weighted by molar-refractivity contribution is 5.77. The van der Waals surface area contributed by atoms with Crippen molar-refractivity contribution in [1.82, 2.24) is 24.6 Å². The fraction of sp³-hybridized carbons (Fsp3) is 0.143. The Kier molecular flexibility index (Phi) is 5.34. The Bertz CT molecular complexity index is 1250. The molecule has 0 saturated carbocycles. The van der Waals surface area contributed by atoms with Gasteiger partial charge in [0.25, 0.3) is 5.56 Å². The molecule has 0 aliphatic carbocycles. The summed E-state index contributed by atoms with van der Waals surface area (Å²) in [4.78, 5) is 29.1. The average Bonchev–Trinajstić information content (AvgIpc) is 3.17. The molecule has 2 aromatic carbocycles. The lowest BCUT2D eigenvalue weighted by atomic mass is 10.1. The number of amides is 1. The van der Waals surface area contributed by atoms with E-state index in [0.717, 1.165) is 5.56 Å². The monoisotopic (exact) mass is 409 g/mol. The van der Waals surface area contributed by atoms with Crippen molar-refractivity contribution in [3.8, 4) is 5.69 Å². The maximum absolute atomic E-state index is 13.1. The van der Waals surface area contributed by atoms with Gasteiger partial charge in [-0.15, -0.1) is 0 Å². The summed E-state index contributed by atoms with van der Waals surface area (Å²) >= 11 is 0. The van der Waals surface area contributed by atoms with Crippen LogP contribution in [0.2, 0.25) is 0 Å². The molecule has 152 valence electrons. The Morgan fingerprint density at radius 2 is 1.67 bits per heavy atom. The van der Waals surface area contributed by atoms with E-state index >= 15 is 0 Å². The minimum Gasteiger partial charge on any atom is -0.354 e. The number of rotatable bonds is 6. The number of nitrogens with one attached hydrogen (secondary N) is 1. The molecular formula is C21H17F2N5O2. The van der Waals surface area contributed by atoms with Gasteiger partial charge in [0.05, 0.1) is 11.9 Å². The second-order valence-corrected chi connectivity index (χ2v) is 6.67. The normalized spacial score (nSPS) is 11.0. The average molecular weight is 409 g/mol. The number of fused-ring (bicyclic) bond motifs is 1. The van der Waals surface area contributed by atoms with Gasteiger partial charge in [-0.1, -0.05) is 12.1 Å². The van der Waals surface area contributed by atoms with E-state index in [1.54, 1.807) is 12.1 Å². The van der Waals surface area contributed by atoms with Gasteiger partial charge < -0.3 is 5.32 Å². The molecular weight excluding hydrogens is 392 g/mol. The molecule has 7 nitrogen and oxygen atoms in total. The van der Waals surface area contributed by atoms with E-state index in [-0.39, 0.29) is 29.5 Å². The molecule has 30 heavy (non-hydrogen) atoms. The van der Waals surface area contributed by atoms with Gasteiger partial charge in [-0.25, -0.2) is 18.4 Å². The predicted octanol–water partition coefficient (Wildman–Crippen LogP) is 2.22. The summed E-state index contributed by atoms with van der Waals surface area (Å²) in [6, 6.07) is 11.7. The Labute approximate surface area is 169 Å². The first kappa shape index (κ1) is 19.4. The number of benzene rings is 2. The fourth-order valence-electron chi connectivity index (χ4n) is 3.04. The van der Waals surface area contributed by atoms with Crippen LogP contribution in [0.4, 0.5) is 8.78 Å². The number of aromatic nitrogens is 4. The van der Waals surface area contributed by atoms with E-state index in [4.69, 9.17) is 0 Å². The maximum Gasteiger partial charge on any atom is 0.264 e. The Morgan fingerprint density at radius 1 is 1.00 bits per heavy atom. The van der Waals surface area contributed by atoms with E-state index in [2.05, 4.69) is 15.4 Å². The van der Waals surface area contributed by atoms with E-state index in [1.807, 2.05) is 0 Å². The summed E-state index contributed by atoms with van der Waals surface area (Å²) in [5.41, 5.74) is 1.38. The van der Waals surface area contributed by atoms with E-state index in [0.29, 0.717) is 24.3 Å². The largest absolute Gasteiger partial charge is 0.354 e. The van der Waals surface area contributed by atoms with Crippen molar-refractivity contribution in [2.75, 3.05) is 6.54 Å². The molecule has 0 saturated heterocycles. The van der Waals surface area contributed by atoms with E-state index < -0.39 is 5.56 Å². The van der Waals surface area contributed by atoms with Crippen LogP contribution in [0.15, 0.2) is 65.8 Å². The van der Waals surface area contributed by atoms with Crippen molar-refractivity contribution >= 4 is 16.9 Å². The van der Waals surface area contributed by atoms with Gasteiger partial charge >= 0.3 is 0 Å². The van der Waals surface area contributed by atoms with Crippen LogP contribution < -0.4 is 10.9 Å².